The Morgan fingerprint density at radius 2 is 2.26 bits per heavy atom. The van der Waals surface area contributed by atoms with E-state index in [0.29, 0.717) is 17.1 Å². The van der Waals surface area contributed by atoms with Crippen LogP contribution in [0.2, 0.25) is 0 Å². The molecular weight excluding hydrogens is 353 g/mol. The van der Waals surface area contributed by atoms with E-state index in [1.165, 1.54) is 35.4 Å². The molecule has 0 spiro atoms. The molecule has 3 N–H and O–H groups in total. The maximum atomic E-state index is 13.7. The molecule has 27 heavy (non-hydrogen) atoms. The van der Waals surface area contributed by atoms with Crippen molar-refractivity contribution in [3.8, 4) is 5.75 Å². The third kappa shape index (κ3) is 3.28. The molecule has 1 amide bonds. The summed E-state index contributed by atoms with van der Waals surface area (Å²) >= 11 is 0. The number of aliphatic imine (C=N–C) groups is 1. The van der Waals surface area contributed by atoms with Crippen molar-refractivity contribution in [2.75, 3.05) is 6.61 Å². The van der Waals surface area contributed by atoms with Gasteiger partial charge in [0.2, 0.25) is 0 Å². The zero-order chi connectivity index (χ0) is 19.0. The Bertz CT molecular complexity index is 939. The highest BCUT2D eigenvalue weighted by Crippen LogP contribution is 2.27. The first-order valence-electron chi connectivity index (χ1n) is 8.48. The number of hydrogen-bond donors (Lipinski definition) is 3. The highest BCUT2D eigenvalue weighted by molar-refractivity contribution is 5.99. The molecule has 5 rings (SSSR count). The summed E-state index contributed by atoms with van der Waals surface area (Å²) < 4.78 is 20.9. The van der Waals surface area contributed by atoms with Gasteiger partial charge in [-0.15, -0.1) is 0 Å². The Morgan fingerprint density at radius 1 is 1.41 bits per heavy atom. The Balaban J connectivity index is 1.78. The van der Waals surface area contributed by atoms with E-state index in [0.717, 1.165) is 0 Å². The van der Waals surface area contributed by atoms with Crippen LogP contribution in [0.3, 0.4) is 0 Å². The van der Waals surface area contributed by atoms with Crippen molar-refractivity contribution in [2.24, 2.45) is 4.99 Å². The minimum absolute atomic E-state index is 0.0819. The second kappa shape index (κ2) is 6.84. The topological polar surface area (TPSA) is 101 Å². The van der Waals surface area contributed by atoms with Gasteiger partial charge >= 0.3 is 0 Å². The molecule has 3 aliphatic rings. The summed E-state index contributed by atoms with van der Waals surface area (Å²) in [6.07, 6.45) is 5.09. The van der Waals surface area contributed by atoms with Gasteiger partial charge in [-0.2, -0.15) is 5.10 Å². The fourth-order valence-corrected chi connectivity index (χ4v) is 3.00. The van der Waals surface area contributed by atoms with Crippen molar-refractivity contribution < 1.29 is 19.0 Å². The first-order chi connectivity index (χ1) is 13.0. The number of fused-ring (bicyclic) bond motifs is 5. The first kappa shape index (κ1) is 17.2. The Labute approximate surface area is 154 Å². The zero-order valence-electron chi connectivity index (χ0n) is 14.5. The molecule has 9 heteroatoms. The zero-order valence-corrected chi connectivity index (χ0v) is 14.5. The van der Waals surface area contributed by atoms with Gasteiger partial charge < -0.3 is 20.5 Å². The molecule has 0 saturated heterocycles. The minimum Gasteiger partial charge on any atom is -0.490 e. The van der Waals surface area contributed by atoms with Crippen LogP contribution in [0, 0.1) is 5.82 Å². The summed E-state index contributed by atoms with van der Waals surface area (Å²) in [7, 11) is 0. The molecule has 4 bridgehead atoms. The Kier molecular flexibility index (Phi) is 4.36. The van der Waals surface area contributed by atoms with E-state index in [9.17, 15) is 14.3 Å². The number of nitrogens with zero attached hydrogens (tertiary/aromatic N) is 3. The molecule has 1 unspecified atom stereocenters. The monoisotopic (exact) mass is 371 g/mol. The molecule has 0 aliphatic carbocycles. The van der Waals surface area contributed by atoms with Crippen LogP contribution < -0.4 is 15.4 Å². The average molecular weight is 371 g/mol. The molecule has 140 valence electrons. The summed E-state index contributed by atoms with van der Waals surface area (Å²) in [4.78, 5) is 16.8. The molecule has 3 atom stereocenters. The van der Waals surface area contributed by atoms with E-state index in [2.05, 4.69) is 20.7 Å². The van der Waals surface area contributed by atoms with Crippen LogP contribution in [0.25, 0.3) is 6.20 Å². The number of benzene rings is 1. The van der Waals surface area contributed by atoms with Gasteiger partial charge in [0.25, 0.3) is 5.91 Å². The van der Waals surface area contributed by atoms with Crippen LogP contribution in [0.4, 0.5) is 10.2 Å². The highest BCUT2D eigenvalue weighted by atomic mass is 19.1. The average Bonchev–Trinajstić information content (AvgIpc) is 3.07. The van der Waals surface area contributed by atoms with Gasteiger partial charge in [-0.3, -0.25) is 4.79 Å². The van der Waals surface area contributed by atoms with E-state index in [1.807, 2.05) is 6.92 Å². The van der Waals surface area contributed by atoms with E-state index in [1.54, 1.807) is 12.3 Å². The number of amides is 1. The van der Waals surface area contributed by atoms with Crippen LogP contribution >= 0.6 is 0 Å². The van der Waals surface area contributed by atoms with Crippen molar-refractivity contribution in [2.45, 2.75) is 25.1 Å². The first-order valence-corrected chi connectivity index (χ1v) is 8.48. The third-order valence-corrected chi connectivity index (χ3v) is 4.52. The summed E-state index contributed by atoms with van der Waals surface area (Å²) in [5.74, 6) is 0.00968. The summed E-state index contributed by atoms with van der Waals surface area (Å²) in [6.45, 7) is 1.75. The standard InChI is InChI=1S/C18H18FN5O3/c1-10-12-6-11(19)2-3-16(12)27-8-15(25)14-4-5-24-17(21-9-20-10)13(7-22-24)18(26)23-14/h2-7,9-10,14-15,25H,8H2,1H3,(H,20,21)(H,23,26)/t10-,14?,15-/m1/s1. The fraction of sp³-hybridized carbons (Fsp3) is 0.278. The number of carbonyl (C=O) groups is 1. The molecule has 2 aromatic rings. The molecule has 4 heterocycles. The van der Waals surface area contributed by atoms with Crippen LogP contribution in [0.5, 0.6) is 5.75 Å². The molecule has 0 fully saturated rings. The lowest BCUT2D eigenvalue weighted by Crippen LogP contribution is -2.45. The van der Waals surface area contributed by atoms with Gasteiger partial charge in [-0.25, -0.2) is 14.1 Å². The largest absolute Gasteiger partial charge is 0.490 e. The van der Waals surface area contributed by atoms with E-state index >= 15 is 0 Å². The maximum Gasteiger partial charge on any atom is 0.257 e. The molecule has 8 nitrogen and oxygen atoms in total. The SMILES string of the molecule is C[C@H]1NC=Nc2c3cnn2C=CC(NC3=O)[C@H](O)COc2ccc(F)cc21. The highest BCUT2D eigenvalue weighted by Gasteiger charge is 2.26. The Morgan fingerprint density at radius 3 is 3.11 bits per heavy atom. The lowest BCUT2D eigenvalue weighted by molar-refractivity contribution is 0.0731. The van der Waals surface area contributed by atoms with Gasteiger partial charge in [0, 0.05) is 11.8 Å². The van der Waals surface area contributed by atoms with Crippen molar-refractivity contribution >= 4 is 24.3 Å². The maximum absolute atomic E-state index is 13.7. The molecule has 0 radical (unpaired) electrons. The number of aromatic nitrogens is 2. The lowest BCUT2D eigenvalue weighted by Gasteiger charge is -2.24. The number of aliphatic hydroxyl groups is 1. The number of ether oxygens (including phenoxy) is 1. The molecule has 1 aromatic carbocycles. The smallest absolute Gasteiger partial charge is 0.257 e. The molecule has 0 saturated carbocycles. The predicted molar refractivity (Wildman–Crippen MR) is 96.4 cm³/mol. The molecule has 3 aliphatic heterocycles. The van der Waals surface area contributed by atoms with Crippen LogP contribution in [-0.4, -0.2) is 45.9 Å². The number of hydrogen-bond acceptors (Lipinski definition) is 6. The summed E-state index contributed by atoms with van der Waals surface area (Å²) in [5.41, 5.74) is 0.874. The van der Waals surface area contributed by atoms with Crippen molar-refractivity contribution in [3.63, 3.8) is 0 Å². The van der Waals surface area contributed by atoms with Crippen LogP contribution in [0.15, 0.2) is 35.5 Å². The molecule has 1 aromatic heterocycles. The third-order valence-electron chi connectivity index (χ3n) is 4.52. The minimum atomic E-state index is -1.01. The van der Waals surface area contributed by atoms with Gasteiger partial charge in [0.05, 0.1) is 24.6 Å². The van der Waals surface area contributed by atoms with E-state index < -0.39 is 18.1 Å². The number of aliphatic hydroxyl groups excluding tert-OH is 1. The number of carbonyl (C=O) groups excluding carboxylic acids is 1. The number of halogens is 1. The van der Waals surface area contributed by atoms with E-state index in [4.69, 9.17) is 4.74 Å². The second-order valence-corrected chi connectivity index (χ2v) is 6.37. The second-order valence-electron chi connectivity index (χ2n) is 6.37. The van der Waals surface area contributed by atoms with Gasteiger partial charge in [0.15, 0.2) is 5.82 Å². The van der Waals surface area contributed by atoms with Crippen LogP contribution in [-0.2, 0) is 0 Å². The van der Waals surface area contributed by atoms with Crippen molar-refractivity contribution in [1.29, 1.82) is 0 Å². The molecular formula is C18H18FN5O3. The van der Waals surface area contributed by atoms with Crippen molar-refractivity contribution in [3.05, 3.63) is 47.4 Å². The summed E-state index contributed by atoms with van der Waals surface area (Å²) in [6, 6.07) is 3.19. The summed E-state index contributed by atoms with van der Waals surface area (Å²) in [5, 5.41) is 20.4. The quantitative estimate of drug-likeness (QED) is 0.649. The normalized spacial score (nSPS) is 24.3. The lowest BCUT2D eigenvalue weighted by atomic mass is 10.1. The van der Waals surface area contributed by atoms with E-state index in [-0.39, 0.29) is 24.0 Å². The van der Waals surface area contributed by atoms with Gasteiger partial charge in [0.1, 0.15) is 29.8 Å². The fourth-order valence-electron chi connectivity index (χ4n) is 3.00. The number of nitrogens with one attached hydrogen (secondary N) is 2. The van der Waals surface area contributed by atoms with Crippen LogP contribution in [0.1, 0.15) is 28.9 Å². The van der Waals surface area contributed by atoms with Gasteiger partial charge in [-0.1, -0.05) is 0 Å². The predicted octanol–water partition coefficient (Wildman–Crippen LogP) is 1.37. The van der Waals surface area contributed by atoms with Gasteiger partial charge in [-0.05, 0) is 31.2 Å². The Hall–Kier alpha value is -3.20. The van der Waals surface area contributed by atoms with Crippen molar-refractivity contribution in [1.82, 2.24) is 20.4 Å². The number of rotatable bonds is 0.